The lowest BCUT2D eigenvalue weighted by Gasteiger charge is -2.08. The molecular formula is C14H20ClNO2. The molecule has 1 saturated carbocycles. The summed E-state index contributed by atoms with van der Waals surface area (Å²) in [6.45, 7) is 3.38. The molecule has 0 bridgehead atoms. The molecule has 4 heteroatoms. The Balaban J connectivity index is 1.61. The highest BCUT2D eigenvalue weighted by molar-refractivity contribution is 6.32. The Morgan fingerprint density at radius 3 is 2.89 bits per heavy atom. The summed E-state index contributed by atoms with van der Waals surface area (Å²) in [5.74, 6) is 1.55. The fraction of sp³-hybridized carbons (Fsp3) is 0.571. The van der Waals surface area contributed by atoms with Gasteiger partial charge in [0.1, 0.15) is 5.75 Å². The van der Waals surface area contributed by atoms with Gasteiger partial charge in [0.2, 0.25) is 0 Å². The smallest absolute Gasteiger partial charge is 0.137 e. The maximum absolute atomic E-state index is 6.06. The minimum absolute atomic E-state index is 0.654. The number of methoxy groups -OCH3 is 1. The third-order valence-corrected chi connectivity index (χ3v) is 3.31. The van der Waals surface area contributed by atoms with Crippen LogP contribution in [0.2, 0.25) is 5.02 Å². The summed E-state index contributed by atoms with van der Waals surface area (Å²) in [4.78, 5) is 0. The molecule has 3 nitrogen and oxygen atoms in total. The first-order valence-electron chi connectivity index (χ1n) is 6.40. The predicted molar refractivity (Wildman–Crippen MR) is 73.3 cm³/mol. The van der Waals surface area contributed by atoms with Gasteiger partial charge in [-0.05, 0) is 36.5 Å². The third kappa shape index (κ3) is 4.48. The molecule has 1 aromatic rings. The van der Waals surface area contributed by atoms with Crippen molar-refractivity contribution >= 4 is 11.6 Å². The van der Waals surface area contributed by atoms with Crippen molar-refractivity contribution < 1.29 is 9.47 Å². The predicted octanol–water partition coefficient (Wildman–Crippen LogP) is 2.86. The summed E-state index contributed by atoms with van der Waals surface area (Å²) in [6.07, 6.45) is 2.69. The maximum atomic E-state index is 6.06. The molecule has 0 spiro atoms. The number of rotatable bonds is 8. The van der Waals surface area contributed by atoms with Gasteiger partial charge >= 0.3 is 0 Å². The van der Waals surface area contributed by atoms with Crippen LogP contribution in [0, 0.1) is 5.92 Å². The van der Waals surface area contributed by atoms with Gasteiger partial charge < -0.3 is 14.8 Å². The zero-order chi connectivity index (χ0) is 12.8. The van der Waals surface area contributed by atoms with Crippen LogP contribution < -0.4 is 10.1 Å². The van der Waals surface area contributed by atoms with Crippen molar-refractivity contribution in [3.05, 3.63) is 28.8 Å². The average molecular weight is 270 g/mol. The highest BCUT2D eigenvalue weighted by Crippen LogP contribution is 2.28. The summed E-state index contributed by atoms with van der Waals surface area (Å²) >= 11 is 6.06. The highest BCUT2D eigenvalue weighted by atomic mass is 35.5. The molecule has 1 aliphatic carbocycles. The molecule has 0 aliphatic heterocycles. The van der Waals surface area contributed by atoms with Gasteiger partial charge in [-0.15, -0.1) is 0 Å². The quantitative estimate of drug-likeness (QED) is 0.736. The Hall–Kier alpha value is -0.770. The van der Waals surface area contributed by atoms with Crippen LogP contribution in [0.25, 0.3) is 0 Å². The van der Waals surface area contributed by atoms with E-state index in [-0.39, 0.29) is 0 Å². The van der Waals surface area contributed by atoms with E-state index in [0.29, 0.717) is 10.8 Å². The third-order valence-electron chi connectivity index (χ3n) is 3.02. The lowest BCUT2D eigenvalue weighted by Crippen LogP contribution is -2.19. The van der Waals surface area contributed by atoms with E-state index in [1.807, 2.05) is 18.2 Å². The maximum Gasteiger partial charge on any atom is 0.137 e. The van der Waals surface area contributed by atoms with E-state index in [9.17, 15) is 0 Å². The van der Waals surface area contributed by atoms with Crippen molar-refractivity contribution in [3.8, 4) is 5.75 Å². The number of benzene rings is 1. The molecule has 1 aliphatic rings. The summed E-state index contributed by atoms with van der Waals surface area (Å²) in [6, 6.07) is 5.84. The van der Waals surface area contributed by atoms with Crippen molar-refractivity contribution in [1.82, 2.24) is 5.32 Å². The van der Waals surface area contributed by atoms with E-state index >= 15 is 0 Å². The fourth-order valence-electron chi connectivity index (χ4n) is 1.73. The SMILES string of the molecule is COc1ccc(CNCCOCC2CC2)cc1Cl. The number of hydrogen-bond donors (Lipinski definition) is 1. The van der Waals surface area contributed by atoms with Gasteiger partial charge in [0.15, 0.2) is 0 Å². The van der Waals surface area contributed by atoms with E-state index in [1.165, 1.54) is 12.8 Å². The Kier molecular flexibility index (Phi) is 5.29. The summed E-state index contributed by atoms with van der Waals surface area (Å²) < 4.78 is 10.7. The first-order valence-corrected chi connectivity index (χ1v) is 6.78. The van der Waals surface area contributed by atoms with Gasteiger partial charge in [0.25, 0.3) is 0 Å². The van der Waals surface area contributed by atoms with Crippen LogP contribution in [0.5, 0.6) is 5.75 Å². The van der Waals surface area contributed by atoms with Crippen molar-refractivity contribution in [2.75, 3.05) is 26.9 Å². The van der Waals surface area contributed by atoms with Gasteiger partial charge in [0, 0.05) is 19.7 Å². The second-order valence-electron chi connectivity index (χ2n) is 4.66. The Morgan fingerprint density at radius 2 is 2.22 bits per heavy atom. The summed E-state index contributed by atoms with van der Waals surface area (Å²) in [5.41, 5.74) is 1.16. The molecule has 1 fully saturated rings. The molecule has 2 rings (SSSR count). The normalized spacial score (nSPS) is 14.8. The topological polar surface area (TPSA) is 30.5 Å². The molecule has 0 aromatic heterocycles. The van der Waals surface area contributed by atoms with Crippen LogP contribution in [-0.2, 0) is 11.3 Å². The molecule has 1 N–H and O–H groups in total. The molecule has 0 atom stereocenters. The monoisotopic (exact) mass is 269 g/mol. The van der Waals surface area contributed by atoms with Gasteiger partial charge in [-0.2, -0.15) is 0 Å². The molecule has 1 aromatic carbocycles. The van der Waals surface area contributed by atoms with Crippen molar-refractivity contribution in [2.45, 2.75) is 19.4 Å². The molecular weight excluding hydrogens is 250 g/mol. The Morgan fingerprint density at radius 1 is 1.39 bits per heavy atom. The summed E-state index contributed by atoms with van der Waals surface area (Å²) in [5, 5.41) is 3.99. The van der Waals surface area contributed by atoms with Crippen LogP contribution in [0.3, 0.4) is 0 Å². The van der Waals surface area contributed by atoms with Crippen molar-refractivity contribution in [3.63, 3.8) is 0 Å². The second kappa shape index (κ2) is 6.98. The van der Waals surface area contributed by atoms with Gasteiger partial charge in [-0.1, -0.05) is 17.7 Å². The first kappa shape index (κ1) is 13.7. The molecule has 0 amide bonds. The van der Waals surface area contributed by atoms with E-state index in [4.69, 9.17) is 21.1 Å². The minimum atomic E-state index is 0.654. The number of hydrogen-bond acceptors (Lipinski definition) is 3. The molecule has 0 unspecified atom stereocenters. The van der Waals surface area contributed by atoms with Crippen molar-refractivity contribution in [1.29, 1.82) is 0 Å². The average Bonchev–Trinajstić information content (AvgIpc) is 3.18. The van der Waals surface area contributed by atoms with E-state index in [2.05, 4.69) is 5.32 Å². The Labute approximate surface area is 113 Å². The Bertz CT molecular complexity index is 380. The number of nitrogens with one attached hydrogen (secondary N) is 1. The zero-order valence-corrected chi connectivity index (χ0v) is 11.5. The lowest BCUT2D eigenvalue weighted by atomic mass is 10.2. The summed E-state index contributed by atoms with van der Waals surface area (Å²) in [7, 11) is 1.62. The van der Waals surface area contributed by atoms with Crippen LogP contribution in [-0.4, -0.2) is 26.9 Å². The van der Waals surface area contributed by atoms with Gasteiger partial charge in [0.05, 0.1) is 18.7 Å². The van der Waals surface area contributed by atoms with Crippen LogP contribution in [0.1, 0.15) is 18.4 Å². The standard InChI is InChI=1S/C14H20ClNO2/c1-17-14-5-4-12(8-13(14)15)9-16-6-7-18-10-11-2-3-11/h4-5,8,11,16H,2-3,6-7,9-10H2,1H3. The highest BCUT2D eigenvalue weighted by Gasteiger charge is 2.20. The number of halogens is 1. The first-order chi connectivity index (χ1) is 8.79. The van der Waals surface area contributed by atoms with Crippen LogP contribution in [0.4, 0.5) is 0 Å². The zero-order valence-electron chi connectivity index (χ0n) is 10.7. The molecule has 100 valence electrons. The molecule has 0 saturated heterocycles. The fourth-order valence-corrected chi connectivity index (χ4v) is 2.01. The largest absolute Gasteiger partial charge is 0.495 e. The van der Waals surface area contributed by atoms with Crippen LogP contribution in [0.15, 0.2) is 18.2 Å². The van der Waals surface area contributed by atoms with E-state index in [1.54, 1.807) is 7.11 Å². The van der Waals surface area contributed by atoms with Gasteiger partial charge in [-0.3, -0.25) is 0 Å². The molecule has 18 heavy (non-hydrogen) atoms. The molecule has 0 heterocycles. The number of ether oxygens (including phenoxy) is 2. The van der Waals surface area contributed by atoms with E-state index < -0.39 is 0 Å². The second-order valence-corrected chi connectivity index (χ2v) is 5.07. The molecule has 0 radical (unpaired) electrons. The lowest BCUT2D eigenvalue weighted by molar-refractivity contribution is 0.126. The van der Waals surface area contributed by atoms with Gasteiger partial charge in [-0.25, -0.2) is 0 Å². The van der Waals surface area contributed by atoms with Crippen LogP contribution >= 0.6 is 11.6 Å². The van der Waals surface area contributed by atoms with Crippen molar-refractivity contribution in [2.24, 2.45) is 5.92 Å². The minimum Gasteiger partial charge on any atom is -0.495 e. The van der Waals surface area contributed by atoms with E-state index in [0.717, 1.165) is 37.8 Å².